The maximum Gasteiger partial charge on any atom is 0.308 e. The van der Waals surface area contributed by atoms with E-state index in [-0.39, 0.29) is 11.8 Å². The fraction of sp³-hybridized carbons (Fsp3) is 0.857. The molecule has 0 aromatic rings. The average molecular weight is 158 g/mol. The largest absolute Gasteiger partial charge is 0.481 e. The van der Waals surface area contributed by atoms with Crippen LogP contribution in [0.1, 0.15) is 0 Å². The zero-order valence-corrected chi connectivity index (χ0v) is 6.66. The van der Waals surface area contributed by atoms with E-state index >= 15 is 0 Å². The molecular weight excluding hydrogens is 144 g/mol. The third-order valence-electron chi connectivity index (χ3n) is 2.24. The minimum absolute atomic E-state index is 0.137. The van der Waals surface area contributed by atoms with Crippen molar-refractivity contribution in [3.63, 3.8) is 0 Å². The lowest BCUT2D eigenvalue weighted by Gasteiger charge is -2.10. The van der Waals surface area contributed by atoms with Crippen molar-refractivity contribution in [3.8, 4) is 0 Å². The zero-order valence-electron chi connectivity index (χ0n) is 6.66. The Kier molecular flexibility index (Phi) is 2.46. The first-order valence-corrected chi connectivity index (χ1v) is 3.76. The summed E-state index contributed by atoms with van der Waals surface area (Å²) < 4.78 is 0. The molecule has 11 heavy (non-hydrogen) atoms. The molecule has 0 amide bonds. The standard InChI is InChI=1S/C7H14N2O2/c1-9-3-5(2-8)6(4-9)7(10)11/h5-6H,2-4,8H2,1H3,(H,10,11). The fourth-order valence-corrected chi connectivity index (χ4v) is 1.61. The van der Waals surface area contributed by atoms with Crippen LogP contribution in [0.5, 0.6) is 0 Å². The predicted molar refractivity (Wildman–Crippen MR) is 41.2 cm³/mol. The Morgan fingerprint density at radius 1 is 1.73 bits per heavy atom. The van der Waals surface area contributed by atoms with E-state index in [0.29, 0.717) is 13.1 Å². The molecule has 2 atom stereocenters. The summed E-state index contributed by atoms with van der Waals surface area (Å²) in [4.78, 5) is 12.6. The summed E-state index contributed by atoms with van der Waals surface area (Å²) >= 11 is 0. The molecule has 4 heteroatoms. The molecule has 0 aromatic heterocycles. The molecule has 1 heterocycles. The lowest BCUT2D eigenvalue weighted by atomic mass is 9.97. The average Bonchev–Trinajstić information content (AvgIpc) is 2.30. The van der Waals surface area contributed by atoms with Crippen molar-refractivity contribution in [2.75, 3.05) is 26.7 Å². The van der Waals surface area contributed by atoms with Crippen molar-refractivity contribution in [3.05, 3.63) is 0 Å². The second kappa shape index (κ2) is 3.19. The molecule has 1 saturated heterocycles. The highest BCUT2D eigenvalue weighted by molar-refractivity contribution is 5.71. The van der Waals surface area contributed by atoms with Crippen LogP contribution in [0.3, 0.4) is 0 Å². The molecule has 0 saturated carbocycles. The van der Waals surface area contributed by atoms with E-state index in [1.165, 1.54) is 0 Å². The third kappa shape index (κ3) is 1.70. The Labute approximate surface area is 66.0 Å². The van der Waals surface area contributed by atoms with Crippen LogP contribution in [0, 0.1) is 11.8 Å². The molecule has 1 fully saturated rings. The number of hydrogen-bond donors (Lipinski definition) is 2. The highest BCUT2D eigenvalue weighted by Gasteiger charge is 2.34. The normalized spacial score (nSPS) is 32.5. The Morgan fingerprint density at radius 2 is 2.36 bits per heavy atom. The first-order valence-electron chi connectivity index (χ1n) is 3.76. The van der Waals surface area contributed by atoms with Crippen LogP contribution in [0.25, 0.3) is 0 Å². The molecule has 1 aliphatic rings. The Balaban J connectivity index is 2.57. The first kappa shape index (κ1) is 8.49. The highest BCUT2D eigenvalue weighted by atomic mass is 16.4. The van der Waals surface area contributed by atoms with E-state index in [1.807, 2.05) is 11.9 Å². The molecule has 1 aliphatic heterocycles. The first-order chi connectivity index (χ1) is 5.15. The van der Waals surface area contributed by atoms with E-state index in [0.717, 1.165) is 6.54 Å². The number of hydrogen-bond acceptors (Lipinski definition) is 3. The van der Waals surface area contributed by atoms with Gasteiger partial charge in [-0.15, -0.1) is 0 Å². The minimum atomic E-state index is -0.718. The van der Waals surface area contributed by atoms with Gasteiger partial charge in [0.1, 0.15) is 0 Å². The van der Waals surface area contributed by atoms with Gasteiger partial charge in [0.05, 0.1) is 5.92 Å². The quantitative estimate of drug-likeness (QED) is 0.552. The van der Waals surface area contributed by atoms with Crippen molar-refractivity contribution in [1.82, 2.24) is 4.90 Å². The Bertz CT molecular complexity index is 161. The third-order valence-corrected chi connectivity index (χ3v) is 2.24. The van der Waals surface area contributed by atoms with Crippen LogP contribution in [-0.4, -0.2) is 42.7 Å². The van der Waals surface area contributed by atoms with Crippen molar-refractivity contribution >= 4 is 5.97 Å². The van der Waals surface area contributed by atoms with E-state index in [2.05, 4.69) is 0 Å². The number of carboxylic acids is 1. The van der Waals surface area contributed by atoms with Crippen molar-refractivity contribution in [2.45, 2.75) is 0 Å². The summed E-state index contributed by atoms with van der Waals surface area (Å²) in [6.45, 7) is 1.92. The summed E-state index contributed by atoms with van der Waals surface area (Å²) in [5.41, 5.74) is 5.43. The smallest absolute Gasteiger partial charge is 0.308 e. The molecule has 0 bridgehead atoms. The number of nitrogens with two attached hydrogens (primary N) is 1. The van der Waals surface area contributed by atoms with E-state index < -0.39 is 5.97 Å². The van der Waals surface area contributed by atoms with Gasteiger partial charge >= 0.3 is 5.97 Å². The van der Waals surface area contributed by atoms with Crippen LogP contribution >= 0.6 is 0 Å². The van der Waals surface area contributed by atoms with Gasteiger partial charge in [-0.05, 0) is 19.5 Å². The second-order valence-electron chi connectivity index (χ2n) is 3.16. The van der Waals surface area contributed by atoms with Crippen LogP contribution in [0.4, 0.5) is 0 Å². The van der Waals surface area contributed by atoms with Crippen LogP contribution in [0.2, 0.25) is 0 Å². The number of carboxylic acid groups (broad SMARTS) is 1. The molecular formula is C7H14N2O2. The SMILES string of the molecule is CN1CC(CN)C(C(=O)O)C1. The number of likely N-dealkylation sites (tertiary alicyclic amines) is 1. The van der Waals surface area contributed by atoms with E-state index in [4.69, 9.17) is 10.8 Å². The lowest BCUT2D eigenvalue weighted by Crippen LogP contribution is -2.27. The molecule has 0 spiro atoms. The summed E-state index contributed by atoms with van der Waals surface area (Å²) in [5, 5.41) is 8.75. The van der Waals surface area contributed by atoms with Gasteiger partial charge < -0.3 is 15.7 Å². The fourth-order valence-electron chi connectivity index (χ4n) is 1.61. The summed E-state index contributed by atoms with van der Waals surface area (Å²) in [6, 6.07) is 0. The van der Waals surface area contributed by atoms with Gasteiger partial charge in [0.15, 0.2) is 0 Å². The van der Waals surface area contributed by atoms with Crippen LogP contribution < -0.4 is 5.73 Å². The molecule has 64 valence electrons. The summed E-state index contributed by atoms with van der Waals surface area (Å²) in [7, 11) is 1.92. The molecule has 0 aliphatic carbocycles. The summed E-state index contributed by atoms with van der Waals surface area (Å²) in [6.07, 6.45) is 0. The van der Waals surface area contributed by atoms with Gasteiger partial charge in [0.25, 0.3) is 0 Å². The maximum atomic E-state index is 10.6. The molecule has 3 N–H and O–H groups in total. The van der Waals surface area contributed by atoms with E-state index in [1.54, 1.807) is 0 Å². The Hall–Kier alpha value is -0.610. The van der Waals surface area contributed by atoms with Gasteiger partial charge in [-0.2, -0.15) is 0 Å². The van der Waals surface area contributed by atoms with E-state index in [9.17, 15) is 4.79 Å². The highest BCUT2D eigenvalue weighted by Crippen LogP contribution is 2.20. The van der Waals surface area contributed by atoms with Crippen LogP contribution in [-0.2, 0) is 4.79 Å². The maximum absolute atomic E-state index is 10.6. The van der Waals surface area contributed by atoms with Gasteiger partial charge in [0, 0.05) is 13.1 Å². The van der Waals surface area contributed by atoms with Gasteiger partial charge in [-0.25, -0.2) is 0 Å². The van der Waals surface area contributed by atoms with Gasteiger partial charge in [-0.1, -0.05) is 0 Å². The second-order valence-corrected chi connectivity index (χ2v) is 3.16. The number of aliphatic carboxylic acids is 1. The van der Waals surface area contributed by atoms with Crippen molar-refractivity contribution in [1.29, 1.82) is 0 Å². The Morgan fingerprint density at radius 3 is 2.73 bits per heavy atom. The summed E-state index contributed by atoms with van der Waals surface area (Å²) in [5.74, 6) is -0.840. The van der Waals surface area contributed by atoms with Gasteiger partial charge in [-0.3, -0.25) is 4.79 Å². The number of carbonyl (C=O) groups is 1. The zero-order chi connectivity index (χ0) is 8.43. The molecule has 0 aromatic carbocycles. The number of nitrogens with zero attached hydrogens (tertiary/aromatic N) is 1. The van der Waals surface area contributed by atoms with Crippen molar-refractivity contribution < 1.29 is 9.90 Å². The van der Waals surface area contributed by atoms with Crippen LogP contribution in [0.15, 0.2) is 0 Å². The topological polar surface area (TPSA) is 66.6 Å². The lowest BCUT2D eigenvalue weighted by molar-refractivity contribution is -0.142. The monoisotopic (exact) mass is 158 g/mol. The number of rotatable bonds is 2. The predicted octanol–water partition coefficient (Wildman–Crippen LogP) is -0.792. The minimum Gasteiger partial charge on any atom is -0.481 e. The van der Waals surface area contributed by atoms with Crippen molar-refractivity contribution in [2.24, 2.45) is 17.6 Å². The van der Waals surface area contributed by atoms with Gasteiger partial charge in [0.2, 0.25) is 0 Å². The molecule has 4 nitrogen and oxygen atoms in total. The molecule has 1 rings (SSSR count). The molecule has 2 unspecified atom stereocenters. The molecule has 0 radical (unpaired) electrons.